The maximum absolute atomic E-state index is 13.0. The number of hydrogen-bond acceptors (Lipinski definition) is 7. The van der Waals surface area contributed by atoms with Gasteiger partial charge in [-0.3, -0.25) is 0 Å². The van der Waals surface area contributed by atoms with Crippen molar-refractivity contribution in [2.24, 2.45) is 0 Å². The van der Waals surface area contributed by atoms with E-state index < -0.39 is 29.3 Å². The highest BCUT2D eigenvalue weighted by atomic mass is 19.4. The normalized spacial score (nSPS) is 11.9. The highest BCUT2D eigenvalue weighted by Gasteiger charge is 2.34. The van der Waals surface area contributed by atoms with E-state index in [9.17, 15) is 18.0 Å². The van der Waals surface area contributed by atoms with Gasteiger partial charge in [-0.1, -0.05) is 0 Å². The molecular formula is C25H25F3N6O3. The van der Waals surface area contributed by atoms with Crippen LogP contribution in [0.4, 0.5) is 23.8 Å². The second-order valence-electron chi connectivity index (χ2n) is 9.06. The first-order valence-corrected chi connectivity index (χ1v) is 11.3. The number of benzene rings is 1. The number of alkyl carbamates (subject to hydrolysis) is 1. The first kappa shape index (κ1) is 25.7. The molecule has 1 aromatic carbocycles. The Balaban J connectivity index is 1.46. The SMILES string of the molecule is CC(C)(C)OC(=O)NCCOc1ccc(-c2ccc3ncc(-c4ccc(C(F)(F)F)c(N)n4)n3n2)cc1. The highest BCUT2D eigenvalue weighted by molar-refractivity contribution is 5.67. The number of pyridine rings is 1. The molecule has 0 aliphatic heterocycles. The molecule has 3 aromatic heterocycles. The van der Waals surface area contributed by atoms with E-state index in [1.165, 1.54) is 16.8 Å². The Morgan fingerprint density at radius 2 is 1.73 bits per heavy atom. The van der Waals surface area contributed by atoms with Gasteiger partial charge >= 0.3 is 12.3 Å². The Morgan fingerprint density at radius 1 is 1.03 bits per heavy atom. The molecule has 4 rings (SSSR count). The van der Waals surface area contributed by atoms with Crippen molar-refractivity contribution in [1.82, 2.24) is 24.9 Å². The zero-order valence-electron chi connectivity index (χ0n) is 20.3. The number of nitrogens with zero attached hydrogens (tertiary/aromatic N) is 4. The Labute approximate surface area is 210 Å². The molecule has 1 amide bonds. The number of ether oxygens (including phenoxy) is 2. The predicted molar refractivity (Wildman–Crippen MR) is 131 cm³/mol. The second-order valence-corrected chi connectivity index (χ2v) is 9.06. The molecule has 0 bridgehead atoms. The van der Waals surface area contributed by atoms with Crippen molar-refractivity contribution in [3.63, 3.8) is 0 Å². The zero-order chi connectivity index (χ0) is 26.8. The second kappa shape index (κ2) is 9.96. The van der Waals surface area contributed by atoms with Gasteiger partial charge in [0.1, 0.15) is 29.5 Å². The first-order chi connectivity index (χ1) is 17.4. The van der Waals surface area contributed by atoms with Gasteiger partial charge in [0, 0.05) is 5.56 Å². The predicted octanol–water partition coefficient (Wildman–Crippen LogP) is 4.96. The quantitative estimate of drug-likeness (QED) is 0.349. The number of nitrogens with one attached hydrogen (secondary N) is 1. The maximum atomic E-state index is 13.0. The third-order valence-electron chi connectivity index (χ3n) is 5.04. The molecule has 194 valence electrons. The van der Waals surface area contributed by atoms with Crippen molar-refractivity contribution >= 4 is 17.6 Å². The molecule has 4 aromatic rings. The Morgan fingerprint density at radius 3 is 2.38 bits per heavy atom. The van der Waals surface area contributed by atoms with Crippen LogP contribution in [0.1, 0.15) is 26.3 Å². The minimum Gasteiger partial charge on any atom is -0.492 e. The van der Waals surface area contributed by atoms with Crippen LogP contribution in [0.25, 0.3) is 28.3 Å². The van der Waals surface area contributed by atoms with Crippen LogP contribution in [0, 0.1) is 0 Å². The van der Waals surface area contributed by atoms with Gasteiger partial charge in [0.2, 0.25) is 0 Å². The van der Waals surface area contributed by atoms with Crippen LogP contribution in [-0.2, 0) is 10.9 Å². The number of rotatable bonds is 6. The number of hydrogen-bond donors (Lipinski definition) is 2. The van der Waals surface area contributed by atoms with Crippen LogP contribution in [0.3, 0.4) is 0 Å². The summed E-state index contributed by atoms with van der Waals surface area (Å²) in [6, 6.07) is 12.8. The molecule has 0 unspecified atom stereocenters. The first-order valence-electron chi connectivity index (χ1n) is 11.3. The number of nitrogens with two attached hydrogens (primary N) is 1. The lowest BCUT2D eigenvalue weighted by molar-refractivity contribution is -0.137. The third kappa shape index (κ3) is 6.26. The average Bonchev–Trinajstić information content (AvgIpc) is 3.23. The van der Waals surface area contributed by atoms with Gasteiger partial charge in [0.05, 0.1) is 29.7 Å². The minimum atomic E-state index is -4.59. The lowest BCUT2D eigenvalue weighted by Gasteiger charge is -2.19. The van der Waals surface area contributed by atoms with Gasteiger partial charge in [-0.15, -0.1) is 0 Å². The summed E-state index contributed by atoms with van der Waals surface area (Å²) >= 11 is 0. The maximum Gasteiger partial charge on any atom is 0.419 e. The van der Waals surface area contributed by atoms with Crippen LogP contribution < -0.4 is 15.8 Å². The third-order valence-corrected chi connectivity index (χ3v) is 5.04. The van der Waals surface area contributed by atoms with E-state index in [1.807, 2.05) is 12.1 Å². The molecule has 0 atom stereocenters. The molecule has 0 aliphatic rings. The number of carbonyl (C=O) groups excluding carboxylic acids is 1. The van der Waals surface area contributed by atoms with Crippen molar-refractivity contribution in [2.45, 2.75) is 32.5 Å². The summed E-state index contributed by atoms with van der Waals surface area (Å²) in [5.41, 5.74) is 6.47. The van der Waals surface area contributed by atoms with Crippen LogP contribution in [0.5, 0.6) is 5.75 Å². The largest absolute Gasteiger partial charge is 0.492 e. The zero-order valence-corrected chi connectivity index (χ0v) is 20.3. The topological polar surface area (TPSA) is 117 Å². The van der Waals surface area contributed by atoms with Crippen molar-refractivity contribution in [3.05, 3.63) is 60.3 Å². The number of amides is 1. The number of halogens is 3. The molecule has 37 heavy (non-hydrogen) atoms. The molecule has 0 aliphatic carbocycles. The lowest BCUT2D eigenvalue weighted by atomic mass is 10.1. The van der Waals surface area contributed by atoms with E-state index in [4.69, 9.17) is 15.2 Å². The van der Waals surface area contributed by atoms with E-state index in [2.05, 4.69) is 20.4 Å². The number of anilines is 1. The van der Waals surface area contributed by atoms with Gasteiger partial charge in [-0.25, -0.2) is 19.3 Å². The van der Waals surface area contributed by atoms with Crippen molar-refractivity contribution in [1.29, 1.82) is 0 Å². The lowest BCUT2D eigenvalue weighted by Crippen LogP contribution is -2.34. The molecular weight excluding hydrogens is 489 g/mol. The van der Waals surface area contributed by atoms with Gasteiger partial charge in [-0.2, -0.15) is 18.3 Å². The Hall–Kier alpha value is -4.35. The fraction of sp³-hybridized carbons (Fsp3) is 0.280. The molecule has 3 N–H and O–H groups in total. The number of nitrogen functional groups attached to an aromatic ring is 1. The number of imidazole rings is 1. The summed E-state index contributed by atoms with van der Waals surface area (Å²) in [7, 11) is 0. The molecule has 9 nitrogen and oxygen atoms in total. The van der Waals surface area contributed by atoms with Crippen molar-refractivity contribution < 1.29 is 27.4 Å². The van der Waals surface area contributed by atoms with Gasteiger partial charge in [0.15, 0.2) is 5.65 Å². The van der Waals surface area contributed by atoms with Gasteiger partial charge in [0.25, 0.3) is 0 Å². The standard InChI is InChI=1S/C25H25F3N6O3/c1-24(2,3)37-23(35)30-12-13-36-16-6-4-15(5-7-16)18-10-11-21-31-14-20(34(21)33-18)19-9-8-17(22(29)32-19)25(26,27)28/h4-11,14H,12-13H2,1-3H3,(H2,29,32)(H,30,35). The van der Waals surface area contributed by atoms with E-state index in [1.54, 1.807) is 45.0 Å². The van der Waals surface area contributed by atoms with E-state index in [0.29, 0.717) is 22.8 Å². The monoisotopic (exact) mass is 514 g/mol. The van der Waals surface area contributed by atoms with Crippen LogP contribution >= 0.6 is 0 Å². The molecule has 12 heteroatoms. The Kier molecular flexibility index (Phi) is 6.92. The van der Waals surface area contributed by atoms with E-state index in [0.717, 1.165) is 11.6 Å². The fourth-order valence-corrected chi connectivity index (χ4v) is 3.42. The Bertz CT molecular complexity index is 1410. The van der Waals surface area contributed by atoms with Crippen molar-refractivity contribution in [3.8, 4) is 28.4 Å². The van der Waals surface area contributed by atoms with Crippen molar-refractivity contribution in [2.75, 3.05) is 18.9 Å². The van der Waals surface area contributed by atoms with Crippen LogP contribution in [0.2, 0.25) is 0 Å². The minimum absolute atomic E-state index is 0.214. The molecule has 0 spiro atoms. The smallest absolute Gasteiger partial charge is 0.419 e. The van der Waals surface area contributed by atoms with E-state index >= 15 is 0 Å². The summed E-state index contributed by atoms with van der Waals surface area (Å²) in [5, 5.41) is 7.21. The summed E-state index contributed by atoms with van der Waals surface area (Å²) in [6.07, 6.45) is -3.63. The summed E-state index contributed by atoms with van der Waals surface area (Å²) in [6.45, 7) is 5.89. The number of carbonyl (C=O) groups is 1. The summed E-state index contributed by atoms with van der Waals surface area (Å²) in [5.74, 6) is -0.0171. The molecule has 0 saturated heterocycles. The molecule has 0 saturated carbocycles. The average molecular weight is 515 g/mol. The fourth-order valence-electron chi connectivity index (χ4n) is 3.42. The molecule has 0 fully saturated rings. The highest BCUT2D eigenvalue weighted by Crippen LogP contribution is 2.34. The number of alkyl halides is 3. The molecule has 3 heterocycles. The van der Waals surface area contributed by atoms with Crippen LogP contribution in [0.15, 0.2) is 54.7 Å². The summed E-state index contributed by atoms with van der Waals surface area (Å²) in [4.78, 5) is 19.8. The van der Waals surface area contributed by atoms with Gasteiger partial charge in [-0.05, 0) is 69.3 Å². The van der Waals surface area contributed by atoms with Crippen LogP contribution in [-0.4, -0.2) is 44.4 Å². The molecule has 0 radical (unpaired) electrons. The van der Waals surface area contributed by atoms with E-state index in [-0.39, 0.29) is 18.8 Å². The number of fused-ring (bicyclic) bond motifs is 1. The number of aromatic nitrogens is 4. The summed E-state index contributed by atoms with van der Waals surface area (Å²) < 4.78 is 51.4. The van der Waals surface area contributed by atoms with Gasteiger partial charge < -0.3 is 20.5 Å².